The lowest BCUT2D eigenvalue weighted by Crippen LogP contribution is -2.33. The molecule has 0 bridgehead atoms. The second-order valence-electron chi connectivity index (χ2n) is 6.49. The maximum Gasteiger partial charge on any atom is 0.338 e. The number of benzene rings is 3. The standard InChI is InChI=1S/C24H20N2O3/c25-15-19-11-13-22(14-12-19)24(28)29-18-23(27)26(16-20-7-3-1-4-8-20)17-21-9-5-2-6-10-21/h1-14H,16-18H2. The Labute approximate surface area is 169 Å². The van der Waals surface area contributed by atoms with Gasteiger partial charge in [0.2, 0.25) is 0 Å². The molecule has 0 unspecified atom stereocenters. The number of hydrogen-bond acceptors (Lipinski definition) is 4. The van der Waals surface area contributed by atoms with Crippen molar-refractivity contribution in [3.8, 4) is 6.07 Å². The first-order chi connectivity index (χ1) is 14.2. The van der Waals surface area contributed by atoms with E-state index in [1.165, 1.54) is 24.3 Å². The summed E-state index contributed by atoms with van der Waals surface area (Å²) in [5, 5.41) is 8.83. The Kier molecular flexibility index (Phi) is 6.75. The van der Waals surface area contributed by atoms with Gasteiger partial charge in [-0.25, -0.2) is 4.79 Å². The predicted octanol–water partition coefficient (Wildman–Crippen LogP) is 3.94. The zero-order valence-electron chi connectivity index (χ0n) is 15.8. The predicted molar refractivity (Wildman–Crippen MR) is 109 cm³/mol. The Morgan fingerprint density at radius 1 is 0.793 bits per heavy atom. The maximum absolute atomic E-state index is 12.8. The minimum atomic E-state index is -0.595. The van der Waals surface area contributed by atoms with Crippen LogP contribution in [0.25, 0.3) is 0 Å². The van der Waals surface area contributed by atoms with Crippen molar-refractivity contribution in [2.45, 2.75) is 13.1 Å². The lowest BCUT2D eigenvalue weighted by atomic mass is 10.1. The molecule has 0 saturated carbocycles. The SMILES string of the molecule is N#Cc1ccc(C(=O)OCC(=O)N(Cc2ccccc2)Cc2ccccc2)cc1. The summed E-state index contributed by atoms with van der Waals surface area (Å²) in [6.07, 6.45) is 0. The highest BCUT2D eigenvalue weighted by Gasteiger charge is 2.17. The fourth-order valence-electron chi connectivity index (χ4n) is 2.82. The Morgan fingerprint density at radius 3 is 1.79 bits per heavy atom. The van der Waals surface area contributed by atoms with Crippen molar-refractivity contribution < 1.29 is 14.3 Å². The zero-order chi connectivity index (χ0) is 20.5. The van der Waals surface area contributed by atoms with E-state index in [1.807, 2.05) is 66.7 Å². The van der Waals surface area contributed by atoms with Crippen LogP contribution in [-0.2, 0) is 22.6 Å². The number of hydrogen-bond donors (Lipinski definition) is 0. The maximum atomic E-state index is 12.8. The van der Waals surface area contributed by atoms with Crippen LogP contribution in [-0.4, -0.2) is 23.4 Å². The van der Waals surface area contributed by atoms with Gasteiger partial charge in [-0.3, -0.25) is 4.79 Å². The van der Waals surface area contributed by atoms with Crippen molar-refractivity contribution in [1.29, 1.82) is 5.26 Å². The van der Waals surface area contributed by atoms with Crippen molar-refractivity contribution in [3.63, 3.8) is 0 Å². The lowest BCUT2D eigenvalue weighted by Gasteiger charge is -2.23. The third-order valence-electron chi connectivity index (χ3n) is 4.36. The molecule has 5 heteroatoms. The van der Waals surface area contributed by atoms with E-state index in [1.54, 1.807) is 4.90 Å². The molecular weight excluding hydrogens is 364 g/mol. The Morgan fingerprint density at radius 2 is 1.31 bits per heavy atom. The molecule has 0 saturated heterocycles. The molecule has 0 fully saturated rings. The normalized spacial score (nSPS) is 10.0. The van der Waals surface area contributed by atoms with Gasteiger partial charge in [-0.15, -0.1) is 0 Å². The summed E-state index contributed by atoms with van der Waals surface area (Å²) in [4.78, 5) is 26.7. The topological polar surface area (TPSA) is 70.4 Å². The molecule has 29 heavy (non-hydrogen) atoms. The van der Waals surface area contributed by atoms with Crippen molar-refractivity contribution in [2.24, 2.45) is 0 Å². The van der Waals surface area contributed by atoms with E-state index in [2.05, 4.69) is 0 Å². The van der Waals surface area contributed by atoms with E-state index in [0.29, 0.717) is 24.2 Å². The van der Waals surface area contributed by atoms with Gasteiger partial charge < -0.3 is 9.64 Å². The van der Waals surface area contributed by atoms with Crippen LogP contribution in [0, 0.1) is 11.3 Å². The van der Waals surface area contributed by atoms with Crippen molar-refractivity contribution in [1.82, 2.24) is 4.90 Å². The Bertz CT molecular complexity index is 952. The summed E-state index contributed by atoms with van der Waals surface area (Å²) < 4.78 is 5.21. The second-order valence-corrected chi connectivity index (χ2v) is 6.49. The molecule has 144 valence electrons. The highest BCUT2D eigenvalue weighted by atomic mass is 16.5. The van der Waals surface area contributed by atoms with Crippen molar-refractivity contribution in [3.05, 3.63) is 107 Å². The summed E-state index contributed by atoms with van der Waals surface area (Å²) in [5.74, 6) is -0.873. The van der Waals surface area contributed by atoms with Crippen LogP contribution >= 0.6 is 0 Å². The van der Waals surface area contributed by atoms with Crippen molar-refractivity contribution in [2.75, 3.05) is 6.61 Å². The summed E-state index contributed by atoms with van der Waals surface area (Å²) in [7, 11) is 0. The molecular formula is C24H20N2O3. The van der Waals surface area contributed by atoms with E-state index in [0.717, 1.165) is 11.1 Å². The number of carbonyl (C=O) groups excluding carboxylic acids is 2. The highest BCUT2D eigenvalue weighted by Crippen LogP contribution is 2.11. The number of ether oxygens (including phenoxy) is 1. The largest absolute Gasteiger partial charge is 0.452 e. The lowest BCUT2D eigenvalue weighted by molar-refractivity contribution is -0.135. The molecule has 0 atom stereocenters. The second kappa shape index (κ2) is 9.86. The highest BCUT2D eigenvalue weighted by molar-refractivity contribution is 5.91. The number of nitrogens with zero attached hydrogens (tertiary/aromatic N) is 2. The van der Waals surface area contributed by atoms with E-state index >= 15 is 0 Å². The summed E-state index contributed by atoms with van der Waals surface area (Å²) in [6, 6.07) is 27.4. The first-order valence-corrected chi connectivity index (χ1v) is 9.18. The van der Waals surface area contributed by atoms with Crippen LogP contribution in [0.4, 0.5) is 0 Å². The van der Waals surface area contributed by atoms with Crippen LogP contribution in [0.3, 0.4) is 0 Å². The van der Waals surface area contributed by atoms with Crippen LogP contribution in [0.2, 0.25) is 0 Å². The van der Waals surface area contributed by atoms with Crippen LogP contribution < -0.4 is 0 Å². The van der Waals surface area contributed by atoms with Gasteiger partial charge in [-0.2, -0.15) is 5.26 Å². The molecule has 0 aromatic heterocycles. The van der Waals surface area contributed by atoms with Gasteiger partial charge in [-0.1, -0.05) is 60.7 Å². The minimum Gasteiger partial charge on any atom is -0.452 e. The van der Waals surface area contributed by atoms with Gasteiger partial charge in [0.15, 0.2) is 6.61 Å². The summed E-state index contributed by atoms with van der Waals surface area (Å²) >= 11 is 0. The molecule has 0 heterocycles. The van der Waals surface area contributed by atoms with E-state index in [4.69, 9.17) is 10.00 Å². The van der Waals surface area contributed by atoms with Gasteiger partial charge in [0.25, 0.3) is 5.91 Å². The van der Waals surface area contributed by atoms with Gasteiger partial charge in [-0.05, 0) is 35.4 Å². The van der Waals surface area contributed by atoms with Gasteiger partial charge in [0.05, 0.1) is 17.2 Å². The third-order valence-corrected chi connectivity index (χ3v) is 4.36. The molecule has 0 aliphatic carbocycles. The number of nitriles is 1. The van der Waals surface area contributed by atoms with Crippen LogP contribution in [0.15, 0.2) is 84.9 Å². The average molecular weight is 384 g/mol. The fourth-order valence-corrected chi connectivity index (χ4v) is 2.82. The first-order valence-electron chi connectivity index (χ1n) is 9.18. The Balaban J connectivity index is 1.66. The Hall–Kier alpha value is -3.91. The molecule has 0 radical (unpaired) electrons. The number of esters is 1. The quantitative estimate of drug-likeness (QED) is 0.579. The van der Waals surface area contributed by atoms with Gasteiger partial charge >= 0.3 is 5.97 Å². The molecule has 3 aromatic carbocycles. The van der Waals surface area contributed by atoms with E-state index < -0.39 is 5.97 Å². The molecule has 0 N–H and O–H groups in total. The average Bonchev–Trinajstić information content (AvgIpc) is 2.78. The molecule has 3 aromatic rings. The third kappa shape index (κ3) is 5.78. The molecule has 5 nitrogen and oxygen atoms in total. The molecule has 0 aliphatic heterocycles. The van der Waals surface area contributed by atoms with Gasteiger partial charge in [0, 0.05) is 13.1 Å². The zero-order valence-corrected chi connectivity index (χ0v) is 15.8. The number of rotatable bonds is 7. The molecule has 1 amide bonds. The van der Waals surface area contributed by atoms with E-state index in [9.17, 15) is 9.59 Å². The molecule has 0 aliphatic rings. The smallest absolute Gasteiger partial charge is 0.338 e. The minimum absolute atomic E-state index is 0.278. The first kappa shape index (κ1) is 19.8. The van der Waals surface area contributed by atoms with Crippen LogP contribution in [0.1, 0.15) is 27.0 Å². The number of amides is 1. The van der Waals surface area contributed by atoms with Gasteiger partial charge in [0.1, 0.15) is 0 Å². The molecule has 0 spiro atoms. The fraction of sp³-hybridized carbons (Fsp3) is 0.125. The summed E-state index contributed by atoms with van der Waals surface area (Å²) in [6.45, 7) is 0.491. The van der Waals surface area contributed by atoms with Crippen molar-refractivity contribution >= 4 is 11.9 Å². The van der Waals surface area contributed by atoms with E-state index in [-0.39, 0.29) is 12.5 Å². The van der Waals surface area contributed by atoms with Crippen LogP contribution in [0.5, 0.6) is 0 Å². The number of carbonyl (C=O) groups is 2. The monoisotopic (exact) mass is 384 g/mol. The molecule has 3 rings (SSSR count). The summed E-state index contributed by atoms with van der Waals surface area (Å²) in [5.41, 5.74) is 2.74.